The summed E-state index contributed by atoms with van der Waals surface area (Å²) < 4.78 is 0. The van der Waals surface area contributed by atoms with Crippen molar-refractivity contribution < 1.29 is 9.63 Å². The molecule has 3 heteroatoms. The quantitative estimate of drug-likeness (QED) is 0.617. The molecule has 0 aromatic heterocycles. The Morgan fingerprint density at radius 2 is 1.91 bits per heavy atom. The van der Waals surface area contributed by atoms with Crippen LogP contribution in [0.4, 0.5) is 0 Å². The first-order chi connectivity index (χ1) is 5.26. The van der Waals surface area contributed by atoms with E-state index in [1.165, 1.54) is 0 Å². The van der Waals surface area contributed by atoms with Gasteiger partial charge in [0, 0.05) is 5.92 Å². The van der Waals surface area contributed by atoms with Gasteiger partial charge in [0.25, 0.3) is 0 Å². The molecule has 0 fully saturated rings. The first-order valence-corrected chi connectivity index (χ1v) is 4.17. The third kappa shape index (κ3) is 3.98. The van der Waals surface area contributed by atoms with Gasteiger partial charge in [-0.05, 0) is 19.8 Å². The second kappa shape index (κ2) is 6.16. The van der Waals surface area contributed by atoms with E-state index < -0.39 is 0 Å². The van der Waals surface area contributed by atoms with Crippen LogP contribution in [0, 0.1) is 5.92 Å². The molecule has 3 nitrogen and oxygen atoms in total. The molecular weight excluding hydrogens is 142 g/mol. The van der Waals surface area contributed by atoms with Crippen molar-refractivity contribution >= 4 is 5.91 Å². The number of hydrogen-bond donors (Lipinski definition) is 1. The lowest BCUT2D eigenvalue weighted by atomic mass is 10.0. The second-order valence-corrected chi connectivity index (χ2v) is 2.41. The summed E-state index contributed by atoms with van der Waals surface area (Å²) >= 11 is 0. The molecule has 0 aromatic rings. The lowest BCUT2D eigenvalue weighted by molar-refractivity contribution is -0.137. The van der Waals surface area contributed by atoms with E-state index in [1.54, 1.807) is 0 Å². The van der Waals surface area contributed by atoms with Gasteiger partial charge in [-0.3, -0.25) is 9.63 Å². The zero-order valence-corrected chi connectivity index (χ0v) is 7.52. The summed E-state index contributed by atoms with van der Waals surface area (Å²) in [6.45, 7) is 6.36. The van der Waals surface area contributed by atoms with Crippen LogP contribution >= 0.6 is 0 Å². The maximum Gasteiger partial charge on any atom is 0.246 e. The standard InChI is InChI=1S/C8H17NO2/c1-4-7(5-2)8(10)9-11-6-3/h7H,4-6H2,1-3H3,(H,9,10). The van der Waals surface area contributed by atoms with Crippen molar-refractivity contribution in [2.75, 3.05) is 6.61 Å². The summed E-state index contributed by atoms with van der Waals surface area (Å²) in [5.74, 6) is 0.0957. The van der Waals surface area contributed by atoms with Gasteiger partial charge in [0.15, 0.2) is 0 Å². The molecule has 0 radical (unpaired) electrons. The Hall–Kier alpha value is -0.570. The summed E-state index contributed by atoms with van der Waals surface area (Å²) in [5.41, 5.74) is 2.40. The molecule has 66 valence electrons. The fourth-order valence-corrected chi connectivity index (χ4v) is 0.886. The third-order valence-corrected chi connectivity index (χ3v) is 1.67. The van der Waals surface area contributed by atoms with Crippen LogP contribution in [0.15, 0.2) is 0 Å². The van der Waals surface area contributed by atoms with E-state index in [-0.39, 0.29) is 11.8 Å². The van der Waals surface area contributed by atoms with E-state index in [4.69, 9.17) is 4.84 Å². The van der Waals surface area contributed by atoms with E-state index in [0.717, 1.165) is 12.8 Å². The summed E-state index contributed by atoms with van der Waals surface area (Å²) in [6, 6.07) is 0. The molecule has 0 unspecified atom stereocenters. The highest BCUT2D eigenvalue weighted by molar-refractivity contribution is 5.77. The van der Waals surface area contributed by atoms with Gasteiger partial charge < -0.3 is 0 Å². The molecule has 0 saturated heterocycles. The molecular formula is C8H17NO2. The van der Waals surface area contributed by atoms with Crippen molar-refractivity contribution in [2.45, 2.75) is 33.6 Å². The summed E-state index contributed by atoms with van der Waals surface area (Å²) in [7, 11) is 0. The van der Waals surface area contributed by atoms with Crippen LogP contribution in [0.2, 0.25) is 0 Å². The number of hydroxylamine groups is 1. The molecule has 0 aliphatic heterocycles. The molecule has 1 N–H and O–H groups in total. The summed E-state index contributed by atoms with van der Waals surface area (Å²) in [4.78, 5) is 15.9. The smallest absolute Gasteiger partial charge is 0.246 e. The molecule has 0 bridgehead atoms. The lowest BCUT2D eigenvalue weighted by Crippen LogP contribution is -2.30. The normalized spacial score (nSPS) is 10.2. The average Bonchev–Trinajstić information content (AvgIpc) is 2.03. The molecule has 0 spiro atoms. The van der Waals surface area contributed by atoms with Crippen LogP contribution in [0.3, 0.4) is 0 Å². The second-order valence-electron chi connectivity index (χ2n) is 2.41. The Bertz CT molecular complexity index is 111. The van der Waals surface area contributed by atoms with E-state index >= 15 is 0 Å². The number of carbonyl (C=O) groups excluding carboxylic acids is 1. The number of nitrogens with one attached hydrogen (secondary N) is 1. The van der Waals surface area contributed by atoms with Gasteiger partial charge in [-0.2, -0.15) is 0 Å². The van der Waals surface area contributed by atoms with Gasteiger partial charge in [0.05, 0.1) is 6.61 Å². The zero-order chi connectivity index (χ0) is 8.69. The average molecular weight is 159 g/mol. The minimum atomic E-state index is -0.00292. The zero-order valence-electron chi connectivity index (χ0n) is 7.52. The van der Waals surface area contributed by atoms with Crippen LogP contribution in [0.1, 0.15) is 33.6 Å². The van der Waals surface area contributed by atoms with E-state index in [1.807, 2.05) is 20.8 Å². The van der Waals surface area contributed by atoms with Gasteiger partial charge in [-0.25, -0.2) is 5.48 Å². The minimum Gasteiger partial charge on any atom is -0.274 e. The Morgan fingerprint density at radius 3 is 2.27 bits per heavy atom. The monoisotopic (exact) mass is 159 g/mol. The Balaban J connectivity index is 3.61. The number of amides is 1. The summed E-state index contributed by atoms with van der Waals surface area (Å²) in [5, 5.41) is 0. The molecule has 11 heavy (non-hydrogen) atoms. The van der Waals surface area contributed by atoms with Crippen LogP contribution in [-0.2, 0) is 9.63 Å². The molecule has 0 rings (SSSR count). The number of carbonyl (C=O) groups is 1. The van der Waals surface area contributed by atoms with Crippen molar-refractivity contribution in [2.24, 2.45) is 5.92 Å². The van der Waals surface area contributed by atoms with Gasteiger partial charge in [0.1, 0.15) is 0 Å². The molecule has 0 atom stereocenters. The van der Waals surface area contributed by atoms with Gasteiger partial charge >= 0.3 is 0 Å². The first-order valence-electron chi connectivity index (χ1n) is 4.17. The van der Waals surface area contributed by atoms with Crippen molar-refractivity contribution in [1.29, 1.82) is 0 Å². The van der Waals surface area contributed by atoms with Gasteiger partial charge in [-0.15, -0.1) is 0 Å². The topological polar surface area (TPSA) is 38.3 Å². The molecule has 0 saturated carbocycles. The first kappa shape index (κ1) is 10.4. The van der Waals surface area contributed by atoms with Crippen LogP contribution in [0.5, 0.6) is 0 Å². The van der Waals surface area contributed by atoms with Crippen molar-refractivity contribution in [3.05, 3.63) is 0 Å². The fourth-order valence-electron chi connectivity index (χ4n) is 0.886. The van der Waals surface area contributed by atoms with Crippen LogP contribution in [-0.4, -0.2) is 12.5 Å². The molecule has 0 aromatic carbocycles. The highest BCUT2D eigenvalue weighted by Crippen LogP contribution is 2.06. The molecule has 1 amide bonds. The minimum absolute atomic E-state index is 0.00292. The molecule has 0 heterocycles. The van der Waals surface area contributed by atoms with Gasteiger partial charge in [-0.1, -0.05) is 13.8 Å². The Labute approximate surface area is 68.1 Å². The van der Waals surface area contributed by atoms with Crippen molar-refractivity contribution in [1.82, 2.24) is 5.48 Å². The Kier molecular flexibility index (Phi) is 5.84. The van der Waals surface area contributed by atoms with E-state index in [2.05, 4.69) is 5.48 Å². The van der Waals surface area contributed by atoms with Crippen molar-refractivity contribution in [3.63, 3.8) is 0 Å². The number of hydrogen-bond acceptors (Lipinski definition) is 2. The van der Waals surface area contributed by atoms with E-state index in [0.29, 0.717) is 6.61 Å². The number of rotatable bonds is 5. The Morgan fingerprint density at radius 1 is 1.36 bits per heavy atom. The third-order valence-electron chi connectivity index (χ3n) is 1.67. The van der Waals surface area contributed by atoms with Gasteiger partial charge in [0.2, 0.25) is 5.91 Å². The fraction of sp³-hybridized carbons (Fsp3) is 0.875. The highest BCUT2D eigenvalue weighted by atomic mass is 16.6. The molecule has 0 aliphatic rings. The maximum absolute atomic E-state index is 11.1. The predicted molar refractivity (Wildman–Crippen MR) is 43.8 cm³/mol. The molecule has 0 aliphatic carbocycles. The lowest BCUT2D eigenvalue weighted by Gasteiger charge is -2.11. The summed E-state index contributed by atoms with van der Waals surface area (Å²) in [6.07, 6.45) is 1.74. The van der Waals surface area contributed by atoms with Crippen molar-refractivity contribution in [3.8, 4) is 0 Å². The van der Waals surface area contributed by atoms with E-state index in [9.17, 15) is 4.79 Å². The predicted octanol–water partition coefficient (Wildman–Crippen LogP) is 1.49. The largest absolute Gasteiger partial charge is 0.274 e. The SMILES string of the molecule is CCONC(=O)C(CC)CC. The van der Waals surface area contributed by atoms with Crippen LogP contribution in [0.25, 0.3) is 0 Å². The van der Waals surface area contributed by atoms with Crippen LogP contribution < -0.4 is 5.48 Å². The maximum atomic E-state index is 11.1. The highest BCUT2D eigenvalue weighted by Gasteiger charge is 2.12.